The van der Waals surface area contributed by atoms with Gasteiger partial charge in [0.2, 0.25) is 0 Å². The molecular formula is C18H29NO. The fourth-order valence-electron chi connectivity index (χ4n) is 3.34. The zero-order valence-electron chi connectivity index (χ0n) is 13.2. The number of hydrogen-bond donors (Lipinski definition) is 1. The Kier molecular flexibility index (Phi) is 5.09. The second kappa shape index (κ2) is 6.62. The highest BCUT2D eigenvalue weighted by atomic mass is 16.3. The quantitative estimate of drug-likeness (QED) is 0.853. The minimum atomic E-state index is -0.321. The van der Waals surface area contributed by atoms with Crippen molar-refractivity contribution >= 4 is 5.69 Å². The van der Waals surface area contributed by atoms with E-state index in [1.165, 1.54) is 31.4 Å². The first-order chi connectivity index (χ1) is 9.64. The third kappa shape index (κ3) is 3.17. The first kappa shape index (κ1) is 15.4. The van der Waals surface area contributed by atoms with Crippen LogP contribution in [0.5, 0.6) is 0 Å². The van der Waals surface area contributed by atoms with Crippen LogP contribution in [0, 0.1) is 5.41 Å². The minimum Gasteiger partial charge on any atom is -0.388 e. The van der Waals surface area contributed by atoms with E-state index in [0.717, 1.165) is 25.1 Å². The van der Waals surface area contributed by atoms with Crippen molar-refractivity contribution in [3.63, 3.8) is 0 Å². The van der Waals surface area contributed by atoms with Crippen molar-refractivity contribution in [3.8, 4) is 0 Å². The smallest absolute Gasteiger partial charge is 0.0787 e. The molecular weight excluding hydrogens is 246 g/mol. The Morgan fingerprint density at radius 1 is 1.05 bits per heavy atom. The molecule has 0 saturated carbocycles. The molecule has 1 aliphatic rings. The third-order valence-electron chi connectivity index (χ3n) is 5.35. The molecule has 2 rings (SSSR count). The molecule has 0 bridgehead atoms. The number of benzene rings is 1. The van der Waals surface area contributed by atoms with Crippen molar-refractivity contribution in [1.82, 2.24) is 0 Å². The lowest BCUT2D eigenvalue weighted by atomic mass is 9.74. The Labute approximate surface area is 123 Å². The van der Waals surface area contributed by atoms with Crippen LogP contribution in [-0.2, 0) is 0 Å². The zero-order chi connectivity index (χ0) is 14.6. The second-order valence-corrected chi connectivity index (χ2v) is 6.21. The van der Waals surface area contributed by atoms with Gasteiger partial charge in [0.25, 0.3) is 0 Å². The molecule has 0 aliphatic carbocycles. The van der Waals surface area contributed by atoms with Crippen LogP contribution in [0.3, 0.4) is 0 Å². The summed E-state index contributed by atoms with van der Waals surface area (Å²) in [4.78, 5) is 2.49. The minimum absolute atomic E-state index is 0.321. The Morgan fingerprint density at radius 2 is 1.60 bits per heavy atom. The number of piperidine rings is 1. The van der Waals surface area contributed by atoms with Gasteiger partial charge in [0.1, 0.15) is 0 Å². The summed E-state index contributed by atoms with van der Waals surface area (Å²) in [5, 5.41) is 9.85. The van der Waals surface area contributed by atoms with E-state index in [-0.39, 0.29) is 6.10 Å². The molecule has 2 nitrogen and oxygen atoms in total. The molecule has 112 valence electrons. The normalized spacial score (nSPS) is 19.9. The van der Waals surface area contributed by atoms with Gasteiger partial charge in [-0.3, -0.25) is 0 Å². The van der Waals surface area contributed by atoms with E-state index in [1.54, 1.807) is 0 Å². The monoisotopic (exact) mass is 275 g/mol. The van der Waals surface area contributed by atoms with E-state index in [1.807, 2.05) is 6.92 Å². The number of rotatable bonds is 5. The van der Waals surface area contributed by atoms with E-state index >= 15 is 0 Å². The van der Waals surface area contributed by atoms with Crippen LogP contribution in [0.1, 0.15) is 64.5 Å². The average molecular weight is 275 g/mol. The van der Waals surface area contributed by atoms with E-state index in [2.05, 4.69) is 43.0 Å². The van der Waals surface area contributed by atoms with Gasteiger partial charge in [0, 0.05) is 18.8 Å². The molecule has 1 heterocycles. The lowest BCUT2D eigenvalue weighted by Crippen LogP contribution is -2.39. The van der Waals surface area contributed by atoms with Gasteiger partial charge in [-0.2, -0.15) is 0 Å². The van der Waals surface area contributed by atoms with Gasteiger partial charge in [-0.25, -0.2) is 0 Å². The topological polar surface area (TPSA) is 23.5 Å². The summed E-state index contributed by atoms with van der Waals surface area (Å²) in [7, 11) is 0. The van der Waals surface area contributed by atoms with E-state index in [9.17, 15) is 5.11 Å². The van der Waals surface area contributed by atoms with E-state index < -0.39 is 0 Å². The molecule has 0 radical (unpaired) electrons. The zero-order valence-corrected chi connectivity index (χ0v) is 13.2. The number of anilines is 1. The summed E-state index contributed by atoms with van der Waals surface area (Å²) in [6.45, 7) is 9.01. The second-order valence-electron chi connectivity index (χ2n) is 6.21. The van der Waals surface area contributed by atoms with Gasteiger partial charge in [-0.1, -0.05) is 45.7 Å². The predicted octanol–water partition coefficient (Wildman–Crippen LogP) is 4.54. The average Bonchev–Trinajstić information content (AvgIpc) is 2.54. The molecule has 1 saturated heterocycles. The Hall–Kier alpha value is -1.02. The fourth-order valence-corrected chi connectivity index (χ4v) is 3.34. The molecule has 0 unspecified atom stereocenters. The van der Waals surface area contributed by atoms with Crippen LogP contribution < -0.4 is 4.90 Å². The Balaban J connectivity index is 2.00. The first-order valence-corrected chi connectivity index (χ1v) is 8.17. The Morgan fingerprint density at radius 3 is 2.05 bits per heavy atom. The SMILES string of the molecule is CC[C@H](O)c1ccc(N2CCC(CC)(CC)CC2)cc1. The van der Waals surface area contributed by atoms with Crippen LogP contribution in [0.4, 0.5) is 5.69 Å². The summed E-state index contributed by atoms with van der Waals surface area (Å²) < 4.78 is 0. The summed E-state index contributed by atoms with van der Waals surface area (Å²) in [5.41, 5.74) is 2.91. The third-order valence-corrected chi connectivity index (χ3v) is 5.35. The largest absolute Gasteiger partial charge is 0.388 e. The molecule has 0 amide bonds. The highest BCUT2D eigenvalue weighted by Gasteiger charge is 2.31. The standard InChI is InChI=1S/C18H29NO/c1-4-17(20)15-7-9-16(10-8-15)19-13-11-18(5-2,6-3)12-14-19/h7-10,17,20H,4-6,11-14H2,1-3H3/t17-/m0/s1. The summed E-state index contributed by atoms with van der Waals surface area (Å²) in [6.07, 6.45) is 5.67. The van der Waals surface area contributed by atoms with Gasteiger partial charge >= 0.3 is 0 Å². The van der Waals surface area contributed by atoms with Crippen molar-refractivity contribution in [2.24, 2.45) is 5.41 Å². The van der Waals surface area contributed by atoms with Gasteiger partial charge in [-0.05, 0) is 42.4 Å². The van der Waals surface area contributed by atoms with Crippen molar-refractivity contribution in [2.75, 3.05) is 18.0 Å². The molecule has 0 aromatic heterocycles. The number of aliphatic hydroxyl groups excluding tert-OH is 1. The molecule has 1 atom stereocenters. The molecule has 1 N–H and O–H groups in total. The van der Waals surface area contributed by atoms with Crippen molar-refractivity contribution < 1.29 is 5.11 Å². The van der Waals surface area contributed by atoms with Crippen LogP contribution in [-0.4, -0.2) is 18.2 Å². The number of nitrogens with zero attached hydrogens (tertiary/aromatic N) is 1. The molecule has 0 spiro atoms. The molecule has 1 fully saturated rings. The summed E-state index contributed by atoms with van der Waals surface area (Å²) in [6, 6.07) is 8.48. The molecule has 2 heteroatoms. The van der Waals surface area contributed by atoms with Gasteiger partial charge in [-0.15, -0.1) is 0 Å². The maximum atomic E-state index is 9.85. The van der Waals surface area contributed by atoms with Crippen molar-refractivity contribution in [1.29, 1.82) is 0 Å². The summed E-state index contributed by atoms with van der Waals surface area (Å²) in [5.74, 6) is 0. The van der Waals surface area contributed by atoms with Crippen LogP contribution in [0.15, 0.2) is 24.3 Å². The van der Waals surface area contributed by atoms with E-state index in [0.29, 0.717) is 5.41 Å². The molecule has 1 aromatic rings. The van der Waals surface area contributed by atoms with Crippen molar-refractivity contribution in [3.05, 3.63) is 29.8 Å². The van der Waals surface area contributed by atoms with Gasteiger partial charge in [0.05, 0.1) is 6.10 Å². The molecule has 20 heavy (non-hydrogen) atoms. The van der Waals surface area contributed by atoms with E-state index in [4.69, 9.17) is 0 Å². The lowest BCUT2D eigenvalue weighted by molar-refractivity contribution is 0.173. The highest BCUT2D eigenvalue weighted by molar-refractivity contribution is 5.48. The highest BCUT2D eigenvalue weighted by Crippen LogP contribution is 2.39. The summed E-state index contributed by atoms with van der Waals surface area (Å²) >= 11 is 0. The first-order valence-electron chi connectivity index (χ1n) is 8.17. The lowest BCUT2D eigenvalue weighted by Gasteiger charge is -2.42. The number of aliphatic hydroxyl groups is 1. The Bertz CT molecular complexity index is 398. The van der Waals surface area contributed by atoms with Crippen LogP contribution in [0.2, 0.25) is 0 Å². The van der Waals surface area contributed by atoms with Crippen LogP contribution >= 0.6 is 0 Å². The molecule has 1 aromatic carbocycles. The van der Waals surface area contributed by atoms with Gasteiger partial charge in [0.15, 0.2) is 0 Å². The number of hydrogen-bond acceptors (Lipinski definition) is 2. The predicted molar refractivity (Wildman–Crippen MR) is 86.2 cm³/mol. The van der Waals surface area contributed by atoms with Crippen molar-refractivity contribution in [2.45, 2.75) is 59.0 Å². The van der Waals surface area contributed by atoms with Crippen LogP contribution in [0.25, 0.3) is 0 Å². The maximum absolute atomic E-state index is 9.85. The molecule has 1 aliphatic heterocycles. The maximum Gasteiger partial charge on any atom is 0.0787 e. The van der Waals surface area contributed by atoms with Gasteiger partial charge < -0.3 is 10.0 Å². The fraction of sp³-hybridized carbons (Fsp3) is 0.667.